The van der Waals surface area contributed by atoms with Gasteiger partial charge in [-0.25, -0.2) is 0 Å². The molecule has 1 aliphatic carbocycles. The van der Waals surface area contributed by atoms with Crippen LogP contribution in [0.1, 0.15) is 19.3 Å². The van der Waals surface area contributed by atoms with Crippen molar-refractivity contribution in [2.24, 2.45) is 5.41 Å². The molecule has 15 heavy (non-hydrogen) atoms. The van der Waals surface area contributed by atoms with E-state index in [0.29, 0.717) is 11.8 Å². The molecule has 0 heterocycles. The highest BCUT2D eigenvalue weighted by atomic mass is 79.9. The van der Waals surface area contributed by atoms with Gasteiger partial charge in [-0.3, -0.25) is 0 Å². The van der Waals surface area contributed by atoms with Gasteiger partial charge in [-0.05, 0) is 46.3 Å². The molecule has 0 unspecified atom stereocenters. The summed E-state index contributed by atoms with van der Waals surface area (Å²) in [4.78, 5) is 1.28. The van der Waals surface area contributed by atoms with Gasteiger partial charge in [-0.15, -0.1) is 11.8 Å². The second kappa shape index (κ2) is 4.59. The summed E-state index contributed by atoms with van der Waals surface area (Å²) in [6.45, 7) is 0. The minimum atomic E-state index is 0.328. The molecule has 0 saturated heterocycles. The maximum absolute atomic E-state index is 8.73. The van der Waals surface area contributed by atoms with E-state index in [1.54, 1.807) is 0 Å². The molecular weight excluding hydrogens is 270 g/mol. The standard InChI is InChI=1S/C12H12BrNS/c13-10-3-1-2-4-11(10)15-9-12(5-6-12)7-8-14/h1-4H,5-7,9H2. The van der Waals surface area contributed by atoms with E-state index in [2.05, 4.69) is 40.2 Å². The van der Waals surface area contributed by atoms with Crippen molar-refractivity contribution in [2.75, 3.05) is 5.75 Å². The van der Waals surface area contributed by atoms with Crippen molar-refractivity contribution in [3.8, 4) is 6.07 Å². The largest absolute Gasteiger partial charge is 0.198 e. The van der Waals surface area contributed by atoms with E-state index in [1.807, 2.05) is 17.8 Å². The molecule has 0 atom stereocenters. The second-order valence-electron chi connectivity index (χ2n) is 4.05. The lowest BCUT2D eigenvalue weighted by Gasteiger charge is -2.10. The number of nitrogens with zero attached hydrogens (tertiary/aromatic N) is 1. The van der Waals surface area contributed by atoms with Gasteiger partial charge in [0.05, 0.1) is 6.07 Å². The third-order valence-electron chi connectivity index (χ3n) is 2.78. The molecule has 0 amide bonds. The zero-order valence-corrected chi connectivity index (χ0v) is 10.8. The highest BCUT2D eigenvalue weighted by Crippen LogP contribution is 2.52. The van der Waals surface area contributed by atoms with Crippen molar-refractivity contribution in [3.63, 3.8) is 0 Å². The van der Waals surface area contributed by atoms with E-state index in [1.165, 1.54) is 17.7 Å². The van der Waals surface area contributed by atoms with Gasteiger partial charge in [0.25, 0.3) is 0 Å². The zero-order chi connectivity index (χ0) is 10.7. The van der Waals surface area contributed by atoms with Crippen LogP contribution in [0.25, 0.3) is 0 Å². The number of hydrogen-bond acceptors (Lipinski definition) is 2. The monoisotopic (exact) mass is 281 g/mol. The van der Waals surface area contributed by atoms with Gasteiger partial charge in [0, 0.05) is 21.5 Å². The fraction of sp³-hybridized carbons (Fsp3) is 0.417. The van der Waals surface area contributed by atoms with Crippen LogP contribution < -0.4 is 0 Å². The molecular formula is C12H12BrNS. The SMILES string of the molecule is N#CCC1(CSc2ccccc2Br)CC1. The fourth-order valence-corrected chi connectivity index (χ4v) is 3.37. The van der Waals surface area contributed by atoms with Gasteiger partial charge in [0.1, 0.15) is 0 Å². The van der Waals surface area contributed by atoms with Crippen molar-refractivity contribution in [1.29, 1.82) is 5.26 Å². The third kappa shape index (κ3) is 2.76. The Labute approximate surface area is 103 Å². The summed E-state index contributed by atoms with van der Waals surface area (Å²) in [5, 5.41) is 8.73. The van der Waals surface area contributed by atoms with Crippen LogP contribution in [-0.2, 0) is 0 Å². The molecule has 1 aliphatic rings. The average Bonchev–Trinajstić information content (AvgIpc) is 2.98. The Morgan fingerprint density at radius 3 is 2.73 bits per heavy atom. The van der Waals surface area contributed by atoms with E-state index < -0.39 is 0 Å². The molecule has 3 heteroatoms. The average molecular weight is 282 g/mol. The van der Waals surface area contributed by atoms with E-state index in [0.717, 1.165) is 10.2 Å². The van der Waals surface area contributed by atoms with Crippen molar-refractivity contribution in [3.05, 3.63) is 28.7 Å². The van der Waals surface area contributed by atoms with Crippen LogP contribution in [0.3, 0.4) is 0 Å². The van der Waals surface area contributed by atoms with Crippen LogP contribution >= 0.6 is 27.7 Å². The summed E-state index contributed by atoms with van der Waals surface area (Å²) in [5.74, 6) is 1.07. The Hall–Kier alpha value is -0.460. The first-order valence-electron chi connectivity index (χ1n) is 5.00. The first-order chi connectivity index (χ1) is 7.26. The third-order valence-corrected chi connectivity index (χ3v) is 5.16. The molecule has 1 fully saturated rings. The Morgan fingerprint density at radius 2 is 2.13 bits per heavy atom. The highest BCUT2D eigenvalue weighted by molar-refractivity contribution is 9.10. The van der Waals surface area contributed by atoms with Crippen LogP contribution in [0.5, 0.6) is 0 Å². The number of thioether (sulfide) groups is 1. The molecule has 0 aliphatic heterocycles. The summed E-state index contributed by atoms with van der Waals surface area (Å²) < 4.78 is 1.16. The predicted octanol–water partition coefficient (Wildman–Crippen LogP) is 4.24. The lowest BCUT2D eigenvalue weighted by molar-refractivity contribution is 0.604. The maximum atomic E-state index is 8.73. The van der Waals surface area contributed by atoms with Crippen LogP contribution in [0.2, 0.25) is 0 Å². The highest BCUT2D eigenvalue weighted by Gasteiger charge is 2.42. The maximum Gasteiger partial charge on any atom is 0.0627 e. The number of hydrogen-bond donors (Lipinski definition) is 0. The van der Waals surface area contributed by atoms with E-state index in [-0.39, 0.29) is 0 Å². The first-order valence-corrected chi connectivity index (χ1v) is 6.78. The molecule has 1 nitrogen and oxygen atoms in total. The molecule has 0 N–H and O–H groups in total. The predicted molar refractivity (Wildman–Crippen MR) is 66.8 cm³/mol. The van der Waals surface area contributed by atoms with E-state index >= 15 is 0 Å². The van der Waals surface area contributed by atoms with Crippen LogP contribution in [0.15, 0.2) is 33.6 Å². The number of benzene rings is 1. The van der Waals surface area contributed by atoms with Crippen molar-refractivity contribution >= 4 is 27.7 Å². The second-order valence-corrected chi connectivity index (χ2v) is 5.93. The lowest BCUT2D eigenvalue weighted by atomic mass is 10.1. The normalized spacial score (nSPS) is 17.1. The van der Waals surface area contributed by atoms with Gasteiger partial charge in [-0.1, -0.05) is 12.1 Å². The quantitative estimate of drug-likeness (QED) is 0.771. The van der Waals surface area contributed by atoms with Crippen molar-refractivity contribution in [2.45, 2.75) is 24.2 Å². The summed E-state index contributed by atoms with van der Waals surface area (Å²) in [5.41, 5.74) is 0.328. The van der Waals surface area contributed by atoms with Gasteiger partial charge < -0.3 is 0 Å². The van der Waals surface area contributed by atoms with Crippen LogP contribution in [-0.4, -0.2) is 5.75 Å². The minimum Gasteiger partial charge on any atom is -0.198 e. The molecule has 0 bridgehead atoms. The molecule has 0 radical (unpaired) electrons. The molecule has 1 aromatic rings. The molecule has 0 aromatic heterocycles. The number of halogens is 1. The minimum absolute atomic E-state index is 0.328. The Kier molecular flexibility index (Phi) is 3.38. The molecule has 0 spiro atoms. The molecule has 1 saturated carbocycles. The van der Waals surface area contributed by atoms with Crippen LogP contribution in [0.4, 0.5) is 0 Å². The van der Waals surface area contributed by atoms with Crippen LogP contribution in [0, 0.1) is 16.7 Å². The van der Waals surface area contributed by atoms with E-state index in [9.17, 15) is 0 Å². The van der Waals surface area contributed by atoms with Gasteiger partial charge >= 0.3 is 0 Å². The first kappa shape index (κ1) is 11.0. The molecule has 78 valence electrons. The summed E-state index contributed by atoms with van der Waals surface area (Å²) >= 11 is 5.40. The van der Waals surface area contributed by atoms with Crippen molar-refractivity contribution < 1.29 is 0 Å². The lowest BCUT2D eigenvalue weighted by Crippen LogP contribution is -2.02. The number of rotatable bonds is 4. The Bertz CT molecular complexity index is 393. The van der Waals surface area contributed by atoms with Gasteiger partial charge in [0.15, 0.2) is 0 Å². The Balaban J connectivity index is 1.94. The molecule has 1 aromatic carbocycles. The van der Waals surface area contributed by atoms with Gasteiger partial charge in [-0.2, -0.15) is 5.26 Å². The molecule has 2 rings (SSSR count). The topological polar surface area (TPSA) is 23.8 Å². The number of nitriles is 1. The summed E-state index contributed by atoms with van der Waals surface area (Å²) in [7, 11) is 0. The van der Waals surface area contributed by atoms with Crippen molar-refractivity contribution in [1.82, 2.24) is 0 Å². The zero-order valence-electron chi connectivity index (χ0n) is 8.37. The Morgan fingerprint density at radius 1 is 1.40 bits per heavy atom. The van der Waals surface area contributed by atoms with Gasteiger partial charge in [0.2, 0.25) is 0 Å². The fourth-order valence-electron chi connectivity index (χ4n) is 1.51. The smallest absolute Gasteiger partial charge is 0.0627 e. The summed E-state index contributed by atoms with van der Waals surface area (Å²) in [6.07, 6.45) is 3.15. The summed E-state index contributed by atoms with van der Waals surface area (Å²) in [6, 6.07) is 10.6. The van der Waals surface area contributed by atoms with E-state index in [4.69, 9.17) is 5.26 Å².